The summed E-state index contributed by atoms with van der Waals surface area (Å²) < 4.78 is 5.73. The molecule has 2 amide bonds. The Labute approximate surface area is 160 Å². The Morgan fingerprint density at radius 2 is 1.63 bits per heavy atom. The van der Waals surface area contributed by atoms with Crippen LogP contribution in [0.25, 0.3) is 0 Å². The lowest BCUT2D eigenvalue weighted by Gasteiger charge is -2.22. The topological polar surface area (TPSA) is 61.9 Å². The van der Waals surface area contributed by atoms with Gasteiger partial charge in [0, 0.05) is 25.7 Å². The van der Waals surface area contributed by atoms with Gasteiger partial charge in [-0.3, -0.25) is 9.59 Å². The number of benzene rings is 2. The van der Waals surface area contributed by atoms with Gasteiger partial charge in [0.15, 0.2) is 0 Å². The largest absolute Gasteiger partial charge is 0.489 e. The monoisotopic (exact) mass is 369 g/mol. The van der Waals surface area contributed by atoms with E-state index in [4.69, 9.17) is 4.74 Å². The molecule has 144 valence electrons. The summed E-state index contributed by atoms with van der Waals surface area (Å²) in [5, 5.41) is 2.81. The molecule has 2 aromatic carbocycles. The van der Waals surface area contributed by atoms with Gasteiger partial charge in [0.1, 0.15) is 12.4 Å². The molecule has 6 nitrogen and oxygen atoms in total. The zero-order chi connectivity index (χ0) is 19.6. The maximum absolute atomic E-state index is 12.2. The van der Waals surface area contributed by atoms with Crippen LogP contribution in [0.4, 0.5) is 5.69 Å². The van der Waals surface area contributed by atoms with Crippen LogP contribution in [-0.2, 0) is 16.2 Å². The van der Waals surface area contributed by atoms with Gasteiger partial charge in [-0.1, -0.05) is 30.3 Å². The van der Waals surface area contributed by atoms with E-state index in [9.17, 15) is 9.59 Å². The molecule has 2 rings (SSSR count). The molecule has 0 fully saturated rings. The lowest BCUT2D eigenvalue weighted by atomic mass is 10.2. The number of rotatable bonds is 9. The second-order valence-electron chi connectivity index (χ2n) is 6.59. The van der Waals surface area contributed by atoms with Crippen LogP contribution < -0.4 is 10.1 Å². The van der Waals surface area contributed by atoms with Gasteiger partial charge in [-0.25, -0.2) is 0 Å². The van der Waals surface area contributed by atoms with Gasteiger partial charge >= 0.3 is 0 Å². The highest BCUT2D eigenvalue weighted by molar-refractivity contribution is 5.94. The molecule has 0 atom stereocenters. The van der Waals surface area contributed by atoms with E-state index in [1.807, 2.05) is 61.5 Å². The van der Waals surface area contributed by atoms with Crippen LogP contribution in [0.5, 0.6) is 5.75 Å². The summed E-state index contributed by atoms with van der Waals surface area (Å²) in [6.07, 6.45) is 0. The normalized spacial score (nSPS) is 10.5. The number of nitrogens with zero attached hydrogens (tertiary/aromatic N) is 2. The van der Waals surface area contributed by atoms with Crippen molar-refractivity contribution in [2.45, 2.75) is 13.5 Å². The van der Waals surface area contributed by atoms with Gasteiger partial charge in [-0.05, 0) is 43.9 Å². The molecule has 0 bridgehead atoms. The molecule has 0 aliphatic carbocycles. The van der Waals surface area contributed by atoms with E-state index in [0.717, 1.165) is 11.3 Å². The van der Waals surface area contributed by atoms with Crippen molar-refractivity contribution < 1.29 is 14.3 Å². The highest BCUT2D eigenvalue weighted by Crippen LogP contribution is 2.17. The Morgan fingerprint density at radius 3 is 2.22 bits per heavy atom. The van der Waals surface area contributed by atoms with Crippen LogP contribution in [0.3, 0.4) is 0 Å². The molecule has 6 heteroatoms. The Balaban J connectivity index is 1.83. The van der Waals surface area contributed by atoms with E-state index in [1.54, 1.807) is 12.1 Å². The number of carbonyl (C=O) groups is 2. The van der Waals surface area contributed by atoms with E-state index in [-0.39, 0.29) is 18.4 Å². The van der Waals surface area contributed by atoms with Crippen molar-refractivity contribution in [3.8, 4) is 5.75 Å². The number of hydrogen-bond donors (Lipinski definition) is 1. The Morgan fingerprint density at radius 1 is 0.963 bits per heavy atom. The quantitative estimate of drug-likeness (QED) is 0.738. The number of anilines is 1. The molecular weight excluding hydrogens is 342 g/mol. The zero-order valence-corrected chi connectivity index (χ0v) is 16.1. The summed E-state index contributed by atoms with van der Waals surface area (Å²) in [7, 11) is 3.86. The molecule has 0 aliphatic rings. The third-order valence-corrected chi connectivity index (χ3v) is 3.98. The smallest absolute Gasteiger partial charge is 0.243 e. The van der Waals surface area contributed by atoms with Crippen LogP contribution in [0.15, 0.2) is 54.6 Å². The van der Waals surface area contributed by atoms with E-state index in [2.05, 4.69) is 5.32 Å². The second kappa shape index (κ2) is 10.3. The molecule has 0 heterocycles. The first-order valence-electron chi connectivity index (χ1n) is 8.91. The average molecular weight is 369 g/mol. The van der Waals surface area contributed by atoms with Gasteiger partial charge in [0.25, 0.3) is 0 Å². The fourth-order valence-corrected chi connectivity index (χ4v) is 2.42. The van der Waals surface area contributed by atoms with Crippen molar-refractivity contribution in [3.05, 3.63) is 60.2 Å². The van der Waals surface area contributed by atoms with Crippen molar-refractivity contribution in [1.82, 2.24) is 9.80 Å². The van der Waals surface area contributed by atoms with Crippen LogP contribution in [-0.4, -0.2) is 55.3 Å². The van der Waals surface area contributed by atoms with Crippen molar-refractivity contribution in [1.29, 1.82) is 0 Å². The molecule has 0 radical (unpaired) electrons. The van der Waals surface area contributed by atoms with Gasteiger partial charge in [0.05, 0.1) is 6.54 Å². The molecule has 2 aromatic rings. The van der Waals surface area contributed by atoms with E-state index >= 15 is 0 Å². The molecule has 0 aromatic heterocycles. The van der Waals surface area contributed by atoms with Gasteiger partial charge in [-0.15, -0.1) is 0 Å². The maximum atomic E-state index is 12.2. The van der Waals surface area contributed by atoms with Gasteiger partial charge < -0.3 is 19.9 Å². The van der Waals surface area contributed by atoms with Crippen molar-refractivity contribution in [3.63, 3.8) is 0 Å². The minimum atomic E-state index is -0.220. The number of ether oxygens (including phenoxy) is 1. The first kappa shape index (κ1) is 20.5. The minimum Gasteiger partial charge on any atom is -0.489 e. The third kappa shape index (κ3) is 7.50. The molecule has 27 heavy (non-hydrogen) atoms. The lowest BCUT2D eigenvalue weighted by Crippen LogP contribution is -2.40. The number of hydrogen-bond acceptors (Lipinski definition) is 4. The predicted molar refractivity (Wildman–Crippen MR) is 107 cm³/mol. The second-order valence-corrected chi connectivity index (χ2v) is 6.59. The van der Waals surface area contributed by atoms with E-state index in [1.165, 1.54) is 11.8 Å². The molecule has 1 N–H and O–H groups in total. The standard InChI is InChI=1S/C21H27N3O3/c1-17(25)24(14-13-23(2)3)15-21(26)22-19-9-11-20(12-10-19)27-16-18-7-5-4-6-8-18/h4-12H,13-16H2,1-3H3,(H,22,26). The molecule has 0 unspecified atom stereocenters. The summed E-state index contributed by atoms with van der Waals surface area (Å²) in [4.78, 5) is 27.4. The Hall–Kier alpha value is -2.86. The average Bonchev–Trinajstić information content (AvgIpc) is 2.65. The first-order valence-corrected chi connectivity index (χ1v) is 8.91. The zero-order valence-electron chi connectivity index (χ0n) is 16.1. The fraction of sp³-hybridized carbons (Fsp3) is 0.333. The van der Waals surface area contributed by atoms with Crippen molar-refractivity contribution >= 4 is 17.5 Å². The van der Waals surface area contributed by atoms with Crippen molar-refractivity contribution in [2.24, 2.45) is 0 Å². The Bertz CT molecular complexity index is 730. The summed E-state index contributed by atoms with van der Waals surface area (Å²) in [5.41, 5.74) is 1.76. The van der Waals surface area contributed by atoms with Crippen molar-refractivity contribution in [2.75, 3.05) is 39.0 Å². The molecule has 0 spiro atoms. The summed E-state index contributed by atoms with van der Waals surface area (Å²) in [5.74, 6) is 0.395. The number of carbonyl (C=O) groups excluding carboxylic acids is 2. The number of nitrogens with one attached hydrogen (secondary N) is 1. The van der Waals surface area contributed by atoms with Crippen LogP contribution in [0.2, 0.25) is 0 Å². The van der Waals surface area contributed by atoms with Crippen LogP contribution in [0, 0.1) is 0 Å². The maximum Gasteiger partial charge on any atom is 0.243 e. The Kier molecular flexibility index (Phi) is 7.82. The molecule has 0 aliphatic heterocycles. The van der Waals surface area contributed by atoms with Gasteiger partial charge in [-0.2, -0.15) is 0 Å². The SMILES string of the molecule is CC(=O)N(CCN(C)C)CC(=O)Nc1ccc(OCc2ccccc2)cc1. The number of amides is 2. The molecular formula is C21H27N3O3. The van der Waals surface area contributed by atoms with E-state index in [0.29, 0.717) is 25.4 Å². The molecule has 0 saturated heterocycles. The number of likely N-dealkylation sites (N-methyl/N-ethyl adjacent to an activating group) is 1. The van der Waals surface area contributed by atoms with Crippen LogP contribution in [0.1, 0.15) is 12.5 Å². The summed E-state index contributed by atoms with van der Waals surface area (Å²) >= 11 is 0. The third-order valence-electron chi connectivity index (χ3n) is 3.98. The summed E-state index contributed by atoms with van der Waals surface area (Å²) in [6, 6.07) is 17.1. The molecule has 0 saturated carbocycles. The lowest BCUT2D eigenvalue weighted by molar-refractivity contribution is -0.132. The highest BCUT2D eigenvalue weighted by Gasteiger charge is 2.14. The predicted octanol–water partition coefficient (Wildman–Crippen LogP) is 2.61. The van der Waals surface area contributed by atoms with Crippen LogP contribution >= 0.6 is 0 Å². The highest BCUT2D eigenvalue weighted by atomic mass is 16.5. The minimum absolute atomic E-state index is 0.0371. The summed E-state index contributed by atoms with van der Waals surface area (Å²) in [6.45, 7) is 3.23. The fourth-order valence-electron chi connectivity index (χ4n) is 2.42. The van der Waals surface area contributed by atoms with Gasteiger partial charge in [0.2, 0.25) is 11.8 Å². The van der Waals surface area contributed by atoms with E-state index < -0.39 is 0 Å². The first-order chi connectivity index (χ1) is 12.9.